The summed E-state index contributed by atoms with van der Waals surface area (Å²) >= 11 is 0. The van der Waals surface area contributed by atoms with Crippen molar-refractivity contribution in [3.63, 3.8) is 0 Å². The molecule has 1 N–H and O–H groups in total. The van der Waals surface area contributed by atoms with Gasteiger partial charge in [-0.2, -0.15) is 10.2 Å². The van der Waals surface area contributed by atoms with E-state index in [1.54, 1.807) is 0 Å². The van der Waals surface area contributed by atoms with Gasteiger partial charge in [0.1, 0.15) is 0 Å². The maximum absolute atomic E-state index is 4.64. The predicted molar refractivity (Wildman–Crippen MR) is 121 cm³/mol. The molecule has 0 atom stereocenters. The highest BCUT2D eigenvalue weighted by molar-refractivity contribution is 5.70. The van der Waals surface area contributed by atoms with Crippen molar-refractivity contribution in [3.05, 3.63) is 61.4 Å². The maximum Gasteiger partial charge on any atom is 0.159 e. The lowest BCUT2D eigenvalue weighted by atomic mass is 10.1. The molecule has 1 saturated heterocycles. The molecule has 7 nitrogen and oxygen atoms in total. The van der Waals surface area contributed by atoms with E-state index in [1.165, 1.54) is 0 Å². The molecule has 3 aromatic heterocycles. The summed E-state index contributed by atoms with van der Waals surface area (Å²) in [5, 5.41) is 12.4. The van der Waals surface area contributed by atoms with Gasteiger partial charge in [-0.3, -0.25) is 9.36 Å². The van der Waals surface area contributed by atoms with E-state index >= 15 is 0 Å². The third-order valence-corrected chi connectivity index (χ3v) is 5.81. The summed E-state index contributed by atoms with van der Waals surface area (Å²) in [7, 11) is 0. The molecule has 1 aromatic carbocycles. The summed E-state index contributed by atoms with van der Waals surface area (Å²) in [6.07, 6.45) is 15.1. The summed E-state index contributed by atoms with van der Waals surface area (Å²) in [5.74, 6) is 0.720. The highest BCUT2D eigenvalue weighted by atomic mass is 15.3. The predicted octanol–water partition coefficient (Wildman–Crippen LogP) is 4.21. The molecule has 31 heavy (non-hydrogen) atoms. The number of hydrogen-bond acceptors (Lipinski definition) is 5. The van der Waals surface area contributed by atoms with E-state index in [0.717, 1.165) is 72.5 Å². The zero-order valence-electron chi connectivity index (χ0n) is 17.8. The van der Waals surface area contributed by atoms with Crippen LogP contribution in [0.25, 0.3) is 33.6 Å². The molecule has 158 valence electrons. The number of aryl methyl sites for hydroxylation is 1. The molecule has 0 amide bonds. The lowest BCUT2D eigenvalue weighted by Crippen LogP contribution is -2.29. The Morgan fingerprint density at radius 3 is 2.42 bits per heavy atom. The second kappa shape index (κ2) is 8.81. The minimum Gasteiger partial charge on any atom is -0.317 e. The van der Waals surface area contributed by atoms with Gasteiger partial charge in [0.2, 0.25) is 0 Å². The Bertz CT molecular complexity index is 1140. The molecule has 4 aromatic rings. The first-order valence-corrected chi connectivity index (χ1v) is 11.0. The average molecular weight is 414 g/mol. The van der Waals surface area contributed by atoms with Gasteiger partial charge >= 0.3 is 0 Å². The Balaban J connectivity index is 1.35. The molecule has 1 aliphatic heterocycles. The number of piperidine rings is 1. The summed E-state index contributed by atoms with van der Waals surface area (Å²) < 4.78 is 4.07. The van der Waals surface area contributed by atoms with Gasteiger partial charge in [0.05, 0.1) is 18.4 Å². The van der Waals surface area contributed by atoms with E-state index in [2.05, 4.69) is 61.6 Å². The van der Waals surface area contributed by atoms with E-state index in [0.29, 0.717) is 6.04 Å². The molecule has 1 fully saturated rings. The van der Waals surface area contributed by atoms with Gasteiger partial charge < -0.3 is 5.32 Å². The topological polar surface area (TPSA) is 73.5 Å². The van der Waals surface area contributed by atoms with Gasteiger partial charge in [-0.15, -0.1) is 0 Å². The highest BCUT2D eigenvalue weighted by Crippen LogP contribution is 2.26. The third-order valence-electron chi connectivity index (χ3n) is 5.81. The molecule has 1 aliphatic rings. The van der Waals surface area contributed by atoms with Crippen LogP contribution in [-0.2, 0) is 6.54 Å². The summed E-state index contributed by atoms with van der Waals surface area (Å²) in [6.45, 7) is 5.19. The van der Waals surface area contributed by atoms with Crippen molar-refractivity contribution in [1.29, 1.82) is 0 Å². The largest absolute Gasteiger partial charge is 0.317 e. The zero-order valence-corrected chi connectivity index (χ0v) is 17.8. The fourth-order valence-corrected chi connectivity index (χ4v) is 4.09. The Hall–Kier alpha value is -3.32. The molecule has 4 heterocycles. The molecular formula is C24H27N7. The number of rotatable bonds is 6. The summed E-state index contributed by atoms with van der Waals surface area (Å²) in [5.41, 5.74) is 5.27. The van der Waals surface area contributed by atoms with Gasteiger partial charge in [-0.05, 0) is 44.0 Å². The average Bonchev–Trinajstić information content (AvgIpc) is 3.51. The normalized spacial score (nSPS) is 14.7. The fourth-order valence-electron chi connectivity index (χ4n) is 4.09. The standard InChI is InChI=1S/C24H27N7/c1-2-10-30-16-21(14-28-30)18-4-3-5-19(11-18)24-26-12-20(13-27-24)22-15-29-31(17-22)23-6-8-25-9-7-23/h3-5,11-17,23,25H,2,6-10H2,1H3. The van der Waals surface area contributed by atoms with Crippen molar-refractivity contribution in [2.24, 2.45) is 0 Å². The van der Waals surface area contributed by atoms with Crippen LogP contribution in [0, 0.1) is 0 Å². The lowest BCUT2D eigenvalue weighted by molar-refractivity contribution is 0.343. The van der Waals surface area contributed by atoms with E-state index in [1.807, 2.05) is 41.6 Å². The van der Waals surface area contributed by atoms with Crippen molar-refractivity contribution in [2.45, 2.75) is 38.8 Å². The number of hydrogen-bond donors (Lipinski definition) is 1. The second-order valence-electron chi connectivity index (χ2n) is 8.06. The van der Waals surface area contributed by atoms with E-state index < -0.39 is 0 Å². The van der Waals surface area contributed by atoms with Crippen molar-refractivity contribution in [2.75, 3.05) is 13.1 Å². The molecule has 0 aliphatic carbocycles. The number of nitrogens with one attached hydrogen (secondary N) is 1. The molecular weight excluding hydrogens is 386 g/mol. The van der Waals surface area contributed by atoms with Crippen LogP contribution < -0.4 is 5.32 Å². The Morgan fingerprint density at radius 1 is 0.871 bits per heavy atom. The molecule has 0 radical (unpaired) electrons. The molecule has 0 spiro atoms. The van der Waals surface area contributed by atoms with Crippen LogP contribution in [0.1, 0.15) is 32.2 Å². The van der Waals surface area contributed by atoms with Crippen LogP contribution in [0.3, 0.4) is 0 Å². The molecule has 7 heteroatoms. The van der Waals surface area contributed by atoms with Crippen molar-refractivity contribution in [3.8, 4) is 33.6 Å². The van der Waals surface area contributed by atoms with Gasteiger partial charge in [0.25, 0.3) is 0 Å². The maximum atomic E-state index is 4.64. The second-order valence-corrected chi connectivity index (χ2v) is 8.06. The van der Waals surface area contributed by atoms with Crippen LogP contribution in [0.2, 0.25) is 0 Å². The molecule has 5 rings (SSSR count). The Morgan fingerprint density at radius 2 is 1.61 bits per heavy atom. The number of benzene rings is 1. The van der Waals surface area contributed by atoms with Gasteiger partial charge in [0, 0.05) is 53.6 Å². The van der Waals surface area contributed by atoms with E-state index in [9.17, 15) is 0 Å². The van der Waals surface area contributed by atoms with E-state index in [4.69, 9.17) is 0 Å². The van der Waals surface area contributed by atoms with Crippen LogP contribution >= 0.6 is 0 Å². The first kappa shape index (κ1) is 19.6. The first-order chi connectivity index (χ1) is 15.3. The molecule has 0 saturated carbocycles. The SMILES string of the molecule is CCCn1cc(-c2cccc(-c3ncc(-c4cnn(C5CCNCC5)c4)cn3)c2)cn1. The van der Waals surface area contributed by atoms with Crippen molar-refractivity contribution >= 4 is 0 Å². The minimum atomic E-state index is 0.472. The molecule has 0 unspecified atom stereocenters. The van der Waals surface area contributed by atoms with Crippen molar-refractivity contribution < 1.29 is 0 Å². The first-order valence-electron chi connectivity index (χ1n) is 11.0. The van der Waals surface area contributed by atoms with Crippen molar-refractivity contribution in [1.82, 2.24) is 34.8 Å². The van der Waals surface area contributed by atoms with Gasteiger partial charge in [-0.25, -0.2) is 9.97 Å². The van der Waals surface area contributed by atoms with Crippen LogP contribution in [0.4, 0.5) is 0 Å². The smallest absolute Gasteiger partial charge is 0.159 e. The van der Waals surface area contributed by atoms with Gasteiger partial charge in [-0.1, -0.05) is 25.1 Å². The molecule has 0 bridgehead atoms. The van der Waals surface area contributed by atoms with Gasteiger partial charge in [0.15, 0.2) is 5.82 Å². The quantitative estimate of drug-likeness (QED) is 0.513. The van der Waals surface area contributed by atoms with Crippen LogP contribution in [-0.4, -0.2) is 42.6 Å². The fraction of sp³-hybridized carbons (Fsp3) is 0.333. The number of aromatic nitrogens is 6. The summed E-state index contributed by atoms with van der Waals surface area (Å²) in [6, 6.07) is 8.78. The zero-order chi connectivity index (χ0) is 21.0. The third kappa shape index (κ3) is 4.27. The monoisotopic (exact) mass is 413 g/mol. The Kier molecular flexibility index (Phi) is 5.58. The van der Waals surface area contributed by atoms with E-state index in [-0.39, 0.29) is 0 Å². The summed E-state index contributed by atoms with van der Waals surface area (Å²) in [4.78, 5) is 9.28. The highest BCUT2D eigenvalue weighted by Gasteiger charge is 2.16. The van der Waals surface area contributed by atoms with Crippen LogP contribution in [0.5, 0.6) is 0 Å². The minimum absolute atomic E-state index is 0.472. The van der Waals surface area contributed by atoms with Crippen LogP contribution in [0.15, 0.2) is 61.4 Å². The lowest BCUT2D eigenvalue weighted by Gasteiger charge is -2.22. The number of nitrogens with zero attached hydrogens (tertiary/aromatic N) is 6. The Labute approximate surface area is 182 Å².